The van der Waals surface area contributed by atoms with E-state index < -0.39 is 0 Å². The second-order valence-corrected chi connectivity index (χ2v) is 4.61. The van der Waals surface area contributed by atoms with Crippen LogP contribution in [0.1, 0.15) is 24.6 Å². The van der Waals surface area contributed by atoms with Crippen LogP contribution in [-0.4, -0.2) is 16.0 Å². The molecule has 0 saturated carbocycles. The Labute approximate surface area is 108 Å². The Hall–Kier alpha value is -1.74. The van der Waals surface area contributed by atoms with Crippen LogP contribution in [0.2, 0.25) is 0 Å². The van der Waals surface area contributed by atoms with Gasteiger partial charge in [0.15, 0.2) is 5.82 Å². The molecule has 0 spiro atoms. The lowest BCUT2D eigenvalue weighted by Crippen LogP contribution is -2.22. The zero-order valence-electron chi connectivity index (χ0n) is 10.9. The quantitative estimate of drug-likeness (QED) is 0.895. The molecule has 3 nitrogen and oxygen atoms in total. The van der Waals surface area contributed by atoms with Crippen LogP contribution < -0.4 is 5.73 Å². The molecule has 1 heterocycles. The number of nitrogens with zero attached hydrogens (tertiary/aromatic N) is 2. The van der Waals surface area contributed by atoms with Crippen molar-refractivity contribution in [3.05, 3.63) is 47.8 Å². The van der Waals surface area contributed by atoms with Gasteiger partial charge in [0.1, 0.15) is 0 Å². The van der Waals surface area contributed by atoms with Crippen molar-refractivity contribution < 1.29 is 0 Å². The van der Waals surface area contributed by atoms with Crippen molar-refractivity contribution in [2.24, 2.45) is 5.73 Å². The van der Waals surface area contributed by atoms with Crippen LogP contribution in [0.25, 0.3) is 11.4 Å². The van der Waals surface area contributed by atoms with Gasteiger partial charge in [-0.3, -0.25) is 0 Å². The normalized spacial score (nSPS) is 12.4. The molecule has 18 heavy (non-hydrogen) atoms. The minimum atomic E-state index is 0.172. The summed E-state index contributed by atoms with van der Waals surface area (Å²) in [6.07, 6.45) is 3.57. The molecule has 1 aromatic carbocycles. The minimum absolute atomic E-state index is 0.172. The van der Waals surface area contributed by atoms with Crippen LogP contribution in [0.15, 0.2) is 36.5 Å². The Balaban J connectivity index is 2.27. The van der Waals surface area contributed by atoms with E-state index in [2.05, 4.69) is 35.9 Å². The molecular weight excluding hydrogens is 222 g/mol. The van der Waals surface area contributed by atoms with Crippen LogP contribution >= 0.6 is 0 Å². The van der Waals surface area contributed by atoms with Crippen molar-refractivity contribution >= 4 is 0 Å². The molecule has 0 bridgehead atoms. The van der Waals surface area contributed by atoms with Gasteiger partial charge in [0.25, 0.3) is 0 Å². The van der Waals surface area contributed by atoms with Gasteiger partial charge in [-0.05, 0) is 25.5 Å². The molecular formula is C15H19N3. The van der Waals surface area contributed by atoms with E-state index in [1.165, 1.54) is 5.56 Å². The number of hydrogen-bond donors (Lipinski definition) is 1. The highest BCUT2D eigenvalue weighted by atomic mass is 14.9. The minimum Gasteiger partial charge on any atom is -0.327 e. The maximum absolute atomic E-state index is 5.96. The second-order valence-electron chi connectivity index (χ2n) is 4.61. The summed E-state index contributed by atoms with van der Waals surface area (Å²) in [4.78, 5) is 8.91. The summed E-state index contributed by atoms with van der Waals surface area (Å²) in [5.74, 6) is 0.777. The van der Waals surface area contributed by atoms with Crippen LogP contribution in [0.3, 0.4) is 0 Å². The average molecular weight is 241 g/mol. The monoisotopic (exact) mass is 241 g/mol. The molecule has 0 amide bonds. The molecule has 1 aromatic heterocycles. The van der Waals surface area contributed by atoms with E-state index in [9.17, 15) is 0 Å². The number of aryl methyl sites for hydroxylation is 1. The molecule has 2 aromatic rings. The highest BCUT2D eigenvalue weighted by molar-refractivity contribution is 5.55. The molecule has 1 unspecified atom stereocenters. The van der Waals surface area contributed by atoms with Gasteiger partial charge in [-0.1, -0.05) is 30.7 Å². The first kappa shape index (κ1) is 12.7. The van der Waals surface area contributed by atoms with Gasteiger partial charge in [0.2, 0.25) is 0 Å². The van der Waals surface area contributed by atoms with Gasteiger partial charge in [-0.15, -0.1) is 0 Å². The number of hydrogen-bond acceptors (Lipinski definition) is 3. The molecule has 1 atom stereocenters. The van der Waals surface area contributed by atoms with Crippen LogP contribution in [-0.2, 0) is 6.42 Å². The van der Waals surface area contributed by atoms with Crippen molar-refractivity contribution in [1.82, 2.24) is 9.97 Å². The highest BCUT2D eigenvalue weighted by Gasteiger charge is 2.06. The Kier molecular flexibility index (Phi) is 4.05. The van der Waals surface area contributed by atoms with E-state index in [1.807, 2.05) is 24.4 Å². The molecule has 0 aliphatic rings. The van der Waals surface area contributed by atoms with Crippen molar-refractivity contribution in [1.29, 1.82) is 0 Å². The SMILES string of the molecule is CCC(N)Cc1ccnc(-c2cccc(C)c2)n1. The van der Waals surface area contributed by atoms with E-state index in [1.54, 1.807) is 0 Å². The maximum atomic E-state index is 5.96. The first-order valence-corrected chi connectivity index (χ1v) is 6.33. The van der Waals surface area contributed by atoms with E-state index in [4.69, 9.17) is 5.73 Å². The number of aromatic nitrogens is 2. The fraction of sp³-hybridized carbons (Fsp3) is 0.333. The highest BCUT2D eigenvalue weighted by Crippen LogP contribution is 2.16. The van der Waals surface area contributed by atoms with Crippen molar-refractivity contribution in [3.8, 4) is 11.4 Å². The summed E-state index contributed by atoms with van der Waals surface area (Å²) in [6.45, 7) is 4.16. The van der Waals surface area contributed by atoms with E-state index in [-0.39, 0.29) is 6.04 Å². The van der Waals surface area contributed by atoms with Gasteiger partial charge >= 0.3 is 0 Å². The summed E-state index contributed by atoms with van der Waals surface area (Å²) >= 11 is 0. The molecule has 0 aliphatic heterocycles. The Bertz CT molecular complexity index is 523. The third-order valence-corrected chi connectivity index (χ3v) is 2.99. The predicted molar refractivity (Wildman–Crippen MR) is 74.2 cm³/mol. The van der Waals surface area contributed by atoms with E-state index in [0.717, 1.165) is 29.9 Å². The van der Waals surface area contributed by atoms with Gasteiger partial charge in [-0.2, -0.15) is 0 Å². The third kappa shape index (κ3) is 3.14. The van der Waals surface area contributed by atoms with Crippen molar-refractivity contribution in [2.45, 2.75) is 32.7 Å². The zero-order chi connectivity index (χ0) is 13.0. The molecule has 0 aliphatic carbocycles. The molecule has 2 N–H and O–H groups in total. The lowest BCUT2D eigenvalue weighted by atomic mass is 10.1. The Morgan fingerprint density at radius 3 is 2.83 bits per heavy atom. The summed E-state index contributed by atoms with van der Waals surface area (Å²) in [5, 5.41) is 0. The Morgan fingerprint density at radius 1 is 1.28 bits per heavy atom. The van der Waals surface area contributed by atoms with E-state index >= 15 is 0 Å². The topological polar surface area (TPSA) is 51.8 Å². The maximum Gasteiger partial charge on any atom is 0.159 e. The smallest absolute Gasteiger partial charge is 0.159 e. The first-order valence-electron chi connectivity index (χ1n) is 6.33. The fourth-order valence-electron chi connectivity index (χ4n) is 1.85. The second kappa shape index (κ2) is 5.74. The lowest BCUT2D eigenvalue weighted by molar-refractivity contribution is 0.636. The molecule has 94 valence electrons. The molecule has 0 saturated heterocycles. The lowest BCUT2D eigenvalue weighted by Gasteiger charge is -2.09. The van der Waals surface area contributed by atoms with Crippen LogP contribution in [0, 0.1) is 6.92 Å². The van der Waals surface area contributed by atoms with Crippen LogP contribution in [0.5, 0.6) is 0 Å². The summed E-state index contributed by atoms with van der Waals surface area (Å²) in [7, 11) is 0. The molecule has 2 rings (SSSR count). The van der Waals surface area contributed by atoms with Crippen molar-refractivity contribution in [2.75, 3.05) is 0 Å². The predicted octanol–water partition coefficient (Wildman–Crippen LogP) is 2.73. The molecule has 0 fully saturated rings. The Morgan fingerprint density at radius 2 is 2.11 bits per heavy atom. The number of nitrogens with two attached hydrogens (primary N) is 1. The van der Waals surface area contributed by atoms with Gasteiger partial charge in [-0.25, -0.2) is 9.97 Å². The van der Waals surface area contributed by atoms with Crippen molar-refractivity contribution in [3.63, 3.8) is 0 Å². The summed E-state index contributed by atoms with van der Waals surface area (Å²) < 4.78 is 0. The van der Waals surface area contributed by atoms with Crippen LogP contribution in [0.4, 0.5) is 0 Å². The third-order valence-electron chi connectivity index (χ3n) is 2.99. The summed E-state index contributed by atoms with van der Waals surface area (Å²) in [6, 6.07) is 10.3. The average Bonchev–Trinajstić information content (AvgIpc) is 2.39. The van der Waals surface area contributed by atoms with Gasteiger partial charge in [0, 0.05) is 29.9 Å². The molecule has 3 heteroatoms. The molecule has 0 radical (unpaired) electrons. The fourth-order valence-corrected chi connectivity index (χ4v) is 1.85. The van der Waals surface area contributed by atoms with E-state index in [0.29, 0.717) is 0 Å². The number of rotatable bonds is 4. The van der Waals surface area contributed by atoms with Gasteiger partial charge in [0.05, 0.1) is 0 Å². The zero-order valence-corrected chi connectivity index (χ0v) is 10.9. The van der Waals surface area contributed by atoms with Gasteiger partial charge < -0.3 is 5.73 Å². The summed E-state index contributed by atoms with van der Waals surface area (Å²) in [5.41, 5.74) is 9.24. The standard InChI is InChI=1S/C15H19N3/c1-3-13(16)10-14-7-8-17-15(18-14)12-6-4-5-11(2)9-12/h4-9,13H,3,10,16H2,1-2H3. The largest absolute Gasteiger partial charge is 0.327 e. The number of benzene rings is 1. The first-order chi connectivity index (χ1) is 8.69.